The van der Waals surface area contributed by atoms with E-state index in [1.54, 1.807) is 32.0 Å². The van der Waals surface area contributed by atoms with Crippen molar-refractivity contribution in [2.45, 2.75) is 84.1 Å². The monoisotopic (exact) mass is 954 g/mol. The number of nitrogens with two attached hydrogens (primary N) is 3. The van der Waals surface area contributed by atoms with Crippen molar-refractivity contribution in [2.24, 2.45) is 16.6 Å². The van der Waals surface area contributed by atoms with E-state index in [4.69, 9.17) is 26.6 Å². The molecule has 4 aromatic rings. The average molecular weight is 955 g/mol. The number of aryl methyl sites for hydroxylation is 2. The minimum Gasteiger partial charge on any atom is -0.507 e. The number of hydrogen-bond donors (Lipinski definition) is 9. The fourth-order valence-electron chi connectivity index (χ4n) is 7.64. The van der Waals surface area contributed by atoms with E-state index in [0.717, 1.165) is 10.5 Å². The van der Waals surface area contributed by atoms with Crippen LogP contribution < -0.4 is 47.3 Å². The number of aromatic hydroxyl groups is 1. The summed E-state index contributed by atoms with van der Waals surface area (Å²) in [6.45, 7) is 9.52. The van der Waals surface area contributed by atoms with Crippen LogP contribution in [0.1, 0.15) is 77.7 Å². The first-order valence-electron chi connectivity index (χ1n) is 21.6. The highest BCUT2D eigenvalue weighted by atomic mass is 32.2. The van der Waals surface area contributed by atoms with Crippen LogP contribution in [0.3, 0.4) is 0 Å². The van der Waals surface area contributed by atoms with Gasteiger partial charge in [0, 0.05) is 55.4 Å². The Morgan fingerprint density at radius 2 is 1.66 bits per heavy atom. The van der Waals surface area contributed by atoms with Gasteiger partial charge < -0.3 is 47.5 Å². The lowest BCUT2D eigenvalue weighted by atomic mass is 9.86. The first kappa shape index (κ1) is 51.9. The van der Waals surface area contributed by atoms with Crippen LogP contribution >= 0.6 is 0 Å². The zero-order chi connectivity index (χ0) is 50.2. The molecule has 1 aliphatic rings. The summed E-state index contributed by atoms with van der Waals surface area (Å²) in [5.41, 5.74) is 15.1. The molecule has 362 valence electrons. The SMILES string of the molecule is Cc1nc(-c2ccc(C(C)(C)C)cc2)nc(C)c1C(=O)NC(CNS(N)(=O)=O)C(=O)N(C)[C@@H]1C(=O)N[C@@H](C)C(=O)N[C@H](C(=O)NCC#N)Cc2ccc(OCCN)c(c2)-c2cc1cc(CN)c2O. The number of nitrogens with one attached hydrogen (secondary N) is 5. The summed E-state index contributed by atoms with van der Waals surface area (Å²) >= 11 is 0. The third-order valence-corrected chi connectivity index (χ3v) is 11.8. The number of ether oxygens (including phenoxy) is 1. The lowest BCUT2D eigenvalue weighted by Crippen LogP contribution is -2.57. The van der Waals surface area contributed by atoms with Gasteiger partial charge in [0.05, 0.1) is 23.0 Å². The van der Waals surface area contributed by atoms with Gasteiger partial charge in [0.25, 0.3) is 16.1 Å². The standard InChI is InChI=1S/C46H58N12O9S/c1-24-37(25(2)54-40(53-24)28-9-11-31(12-10-28)46(4,5)6)43(62)57-35(23-52-68(50,65)66)45(64)58(7)38-29-20-30(22-49)39(59)33(21-29)32-18-27(8-13-36(32)67-17-15-48)19-34(42(61)51-16-14-47)56-41(60)26(3)55-44(38)63/h8-13,18,20-21,26,34-35,38,52,59H,15-17,19,22-23,48-49H2,1-7H3,(H,51,61)(H,55,63)(H,56,60)(H,57,62)(H2,50,65,66)/t26-,34-,35?,38-/m0/s1. The summed E-state index contributed by atoms with van der Waals surface area (Å²) in [5.74, 6) is -4.05. The van der Waals surface area contributed by atoms with Crippen molar-refractivity contribution in [3.8, 4) is 40.1 Å². The maximum atomic E-state index is 14.8. The second-order valence-electron chi connectivity index (χ2n) is 17.3. The first-order valence-corrected chi connectivity index (χ1v) is 23.1. The van der Waals surface area contributed by atoms with E-state index in [1.807, 2.05) is 35.1 Å². The molecule has 22 heteroatoms. The quantitative estimate of drug-likeness (QED) is 0.0778. The predicted octanol–water partition coefficient (Wildman–Crippen LogP) is 0.503. The molecule has 3 aromatic carbocycles. The molecule has 1 unspecified atom stereocenters. The number of amides is 5. The van der Waals surface area contributed by atoms with Crippen molar-refractivity contribution >= 4 is 39.7 Å². The third kappa shape index (κ3) is 12.5. The number of hydrogen-bond acceptors (Lipinski definition) is 14. The van der Waals surface area contributed by atoms with Gasteiger partial charge in [-0.05, 0) is 67.1 Å². The average Bonchev–Trinajstić information content (AvgIpc) is 3.27. The van der Waals surface area contributed by atoms with Crippen molar-refractivity contribution < 1.29 is 42.2 Å². The molecule has 0 aliphatic carbocycles. The second-order valence-corrected chi connectivity index (χ2v) is 18.7. The number of nitrogens with zero attached hydrogens (tertiary/aromatic N) is 4. The van der Waals surface area contributed by atoms with Crippen molar-refractivity contribution in [1.29, 1.82) is 5.26 Å². The third-order valence-electron chi connectivity index (χ3n) is 11.2. The molecule has 1 aliphatic heterocycles. The molecule has 4 bridgehead atoms. The molecule has 0 radical (unpaired) electrons. The first-order chi connectivity index (χ1) is 32.0. The van der Waals surface area contributed by atoms with Gasteiger partial charge in [-0.25, -0.2) is 15.1 Å². The second kappa shape index (κ2) is 21.7. The van der Waals surface area contributed by atoms with Gasteiger partial charge in [-0.15, -0.1) is 0 Å². The highest BCUT2D eigenvalue weighted by Gasteiger charge is 2.37. The topological polar surface area (TPSA) is 340 Å². The van der Waals surface area contributed by atoms with Crippen molar-refractivity contribution in [3.63, 3.8) is 0 Å². The van der Waals surface area contributed by atoms with Crippen LogP contribution in [0.25, 0.3) is 22.5 Å². The van der Waals surface area contributed by atoms with E-state index in [-0.39, 0.29) is 88.8 Å². The number of phenols is 1. The van der Waals surface area contributed by atoms with Crippen LogP contribution in [-0.4, -0.2) is 109 Å². The van der Waals surface area contributed by atoms with Gasteiger partial charge >= 0.3 is 0 Å². The van der Waals surface area contributed by atoms with Crippen LogP contribution in [-0.2, 0) is 47.8 Å². The van der Waals surface area contributed by atoms with Crippen LogP contribution in [0.2, 0.25) is 0 Å². The number of nitriles is 1. The van der Waals surface area contributed by atoms with E-state index in [1.165, 1.54) is 26.1 Å². The summed E-state index contributed by atoms with van der Waals surface area (Å²) < 4.78 is 32.5. The molecule has 1 aromatic heterocycles. The molecule has 4 atom stereocenters. The number of rotatable bonds is 14. The maximum Gasteiger partial charge on any atom is 0.274 e. The summed E-state index contributed by atoms with van der Waals surface area (Å²) in [6.07, 6.45) is -0.0989. The zero-order valence-electron chi connectivity index (χ0n) is 38.9. The van der Waals surface area contributed by atoms with Crippen LogP contribution in [0.15, 0.2) is 54.6 Å². The minimum atomic E-state index is -4.46. The molecule has 2 heterocycles. The normalized spacial score (nSPS) is 16.8. The Kier molecular flexibility index (Phi) is 16.6. The summed E-state index contributed by atoms with van der Waals surface area (Å²) in [5, 5.41) is 36.4. The van der Waals surface area contributed by atoms with Gasteiger partial charge in [-0.2, -0.15) is 18.4 Å². The van der Waals surface area contributed by atoms with Crippen LogP contribution in [0.4, 0.5) is 0 Å². The van der Waals surface area contributed by atoms with Crippen molar-refractivity contribution in [1.82, 2.24) is 40.9 Å². The molecule has 0 saturated heterocycles. The number of aromatic nitrogens is 2. The zero-order valence-corrected chi connectivity index (χ0v) is 39.7. The van der Waals surface area contributed by atoms with E-state index in [0.29, 0.717) is 17.0 Å². The molecule has 0 fully saturated rings. The van der Waals surface area contributed by atoms with Crippen molar-refractivity contribution in [2.75, 3.05) is 33.3 Å². The fraction of sp³-hybridized carbons (Fsp3) is 0.391. The fourth-order valence-corrected chi connectivity index (χ4v) is 8.04. The molecule has 5 rings (SSSR count). The Hall–Kier alpha value is -7.03. The Morgan fingerprint density at radius 3 is 2.25 bits per heavy atom. The summed E-state index contributed by atoms with van der Waals surface area (Å²) in [7, 11) is -3.24. The molecule has 12 N–H and O–H groups in total. The lowest BCUT2D eigenvalue weighted by molar-refractivity contribution is -0.141. The molecule has 0 spiro atoms. The van der Waals surface area contributed by atoms with E-state index in [2.05, 4.69) is 52.0 Å². The molecule has 21 nitrogen and oxygen atoms in total. The molecule has 68 heavy (non-hydrogen) atoms. The Morgan fingerprint density at radius 1 is 1.00 bits per heavy atom. The highest BCUT2D eigenvalue weighted by Crippen LogP contribution is 2.41. The number of phenolic OH excluding ortho intramolecular Hbond substituents is 1. The van der Waals surface area contributed by atoms with Gasteiger partial charge in [0.15, 0.2) is 5.82 Å². The van der Waals surface area contributed by atoms with Crippen LogP contribution in [0, 0.1) is 25.2 Å². The maximum absolute atomic E-state index is 14.8. The summed E-state index contributed by atoms with van der Waals surface area (Å²) in [6, 6.07) is 11.1. The number of carbonyl (C=O) groups excluding carboxylic acids is 5. The van der Waals surface area contributed by atoms with Gasteiger partial charge in [0.1, 0.15) is 48.8 Å². The smallest absolute Gasteiger partial charge is 0.274 e. The molecule has 5 amide bonds. The van der Waals surface area contributed by atoms with Gasteiger partial charge in [0.2, 0.25) is 23.6 Å². The number of fused-ring (bicyclic) bond motifs is 5. The molecular weight excluding hydrogens is 897 g/mol. The van der Waals surface area contributed by atoms with E-state index < -0.39 is 70.5 Å². The van der Waals surface area contributed by atoms with E-state index in [9.17, 15) is 37.5 Å². The van der Waals surface area contributed by atoms with Gasteiger partial charge in [-0.3, -0.25) is 24.0 Å². The number of benzene rings is 3. The van der Waals surface area contributed by atoms with Gasteiger partial charge in [-0.1, -0.05) is 51.1 Å². The van der Waals surface area contributed by atoms with Crippen molar-refractivity contribution in [3.05, 3.63) is 93.8 Å². The number of likely N-dealkylation sites (N-methyl/N-ethyl adjacent to an activating group) is 1. The Bertz CT molecular complexity index is 2710. The van der Waals surface area contributed by atoms with E-state index >= 15 is 0 Å². The largest absolute Gasteiger partial charge is 0.507 e. The lowest BCUT2D eigenvalue weighted by Gasteiger charge is -2.33. The minimum absolute atomic E-state index is 0.00282. The Balaban J connectivity index is 1.62. The Labute approximate surface area is 394 Å². The summed E-state index contributed by atoms with van der Waals surface area (Å²) in [4.78, 5) is 80.8. The molecular formula is C46H58N12O9S. The van der Waals surface area contributed by atoms with Crippen LogP contribution in [0.5, 0.6) is 11.5 Å². The number of carbonyl (C=O) groups is 5. The highest BCUT2D eigenvalue weighted by molar-refractivity contribution is 7.87. The predicted molar refractivity (Wildman–Crippen MR) is 251 cm³/mol. The molecule has 0 saturated carbocycles.